The lowest BCUT2D eigenvalue weighted by atomic mass is 10.0. The minimum absolute atomic E-state index is 0.330. The van der Waals surface area contributed by atoms with Crippen molar-refractivity contribution in [3.05, 3.63) is 41.3 Å². The molecule has 0 amide bonds. The first-order valence-electron chi connectivity index (χ1n) is 8.04. The minimum Gasteiger partial charge on any atom is -0.451 e. The number of hydrogen-bond donors (Lipinski definition) is 1. The van der Waals surface area contributed by atoms with Crippen LogP contribution in [0.5, 0.6) is 0 Å². The van der Waals surface area contributed by atoms with E-state index in [9.17, 15) is 9.90 Å². The molecule has 2 atom stereocenters. The molecule has 1 aromatic rings. The number of esters is 1. The molecule has 22 heavy (non-hydrogen) atoms. The summed E-state index contributed by atoms with van der Waals surface area (Å²) in [6.07, 6.45) is 7.11. The molecule has 0 fully saturated rings. The van der Waals surface area contributed by atoms with Gasteiger partial charge in [0.1, 0.15) is 6.10 Å². The Balaban J connectivity index is 1.81. The van der Waals surface area contributed by atoms with Crippen molar-refractivity contribution < 1.29 is 14.6 Å². The van der Waals surface area contributed by atoms with Gasteiger partial charge in [-0.05, 0) is 24.6 Å². The Morgan fingerprint density at radius 3 is 2.64 bits per heavy atom. The number of hydrogen-bond acceptors (Lipinski definition) is 4. The molecule has 0 saturated carbocycles. The molecular formula is C18H24O3S. The number of aliphatic hydroxyl groups excluding tert-OH is 1. The molecule has 0 saturated heterocycles. The number of carbonyl (C=O) groups is 1. The largest absolute Gasteiger partial charge is 0.451 e. The van der Waals surface area contributed by atoms with Crippen molar-refractivity contribution in [2.75, 3.05) is 0 Å². The fourth-order valence-corrected chi connectivity index (χ4v) is 3.32. The first kappa shape index (κ1) is 17.1. The summed E-state index contributed by atoms with van der Waals surface area (Å²) in [6, 6.07) is 9.72. The highest BCUT2D eigenvalue weighted by atomic mass is 32.2. The second-order valence-corrected chi connectivity index (χ2v) is 6.70. The molecule has 1 heterocycles. The molecule has 1 aromatic carbocycles. The average molecular weight is 320 g/mol. The van der Waals surface area contributed by atoms with Crippen LogP contribution in [0, 0.1) is 0 Å². The van der Waals surface area contributed by atoms with Crippen LogP contribution >= 0.6 is 11.8 Å². The molecule has 3 nitrogen and oxygen atoms in total. The first-order chi connectivity index (χ1) is 10.7. The number of benzene rings is 1. The van der Waals surface area contributed by atoms with Gasteiger partial charge in [-0.2, -0.15) is 0 Å². The average Bonchev–Trinajstić information content (AvgIpc) is 2.89. The molecule has 0 bridgehead atoms. The molecular weight excluding hydrogens is 296 g/mol. The van der Waals surface area contributed by atoms with E-state index in [-0.39, 0.29) is 5.97 Å². The summed E-state index contributed by atoms with van der Waals surface area (Å²) >= 11 is 1.39. The molecule has 0 spiro atoms. The Kier molecular flexibility index (Phi) is 7.00. The predicted octanol–water partition coefficient (Wildman–Crippen LogP) is 4.31. The van der Waals surface area contributed by atoms with Crippen LogP contribution in [0.25, 0.3) is 0 Å². The van der Waals surface area contributed by atoms with Crippen molar-refractivity contribution in [1.29, 1.82) is 0 Å². The van der Waals surface area contributed by atoms with Gasteiger partial charge >= 0.3 is 5.97 Å². The number of carbonyl (C=O) groups excluding carboxylic acids is 1. The van der Waals surface area contributed by atoms with E-state index in [1.165, 1.54) is 31.0 Å². The SMILES string of the molecule is CCCCCCCC(O)C1C=C(Sc2ccccc2)C(=O)O1. The Hall–Kier alpha value is -1.26. The van der Waals surface area contributed by atoms with Crippen molar-refractivity contribution in [2.45, 2.75) is 62.6 Å². The minimum atomic E-state index is -0.598. The van der Waals surface area contributed by atoms with E-state index in [1.807, 2.05) is 30.3 Å². The fourth-order valence-electron chi connectivity index (χ4n) is 2.44. The summed E-state index contributed by atoms with van der Waals surface area (Å²) in [5.74, 6) is -0.330. The summed E-state index contributed by atoms with van der Waals surface area (Å²) < 4.78 is 5.28. The molecule has 1 aliphatic heterocycles. The predicted molar refractivity (Wildman–Crippen MR) is 89.6 cm³/mol. The highest BCUT2D eigenvalue weighted by Gasteiger charge is 2.30. The topological polar surface area (TPSA) is 46.5 Å². The molecule has 0 radical (unpaired) electrons. The van der Waals surface area contributed by atoms with Gasteiger partial charge in [0.05, 0.1) is 11.0 Å². The molecule has 120 valence electrons. The van der Waals surface area contributed by atoms with Crippen LogP contribution in [0.15, 0.2) is 46.2 Å². The van der Waals surface area contributed by atoms with Gasteiger partial charge in [0.25, 0.3) is 0 Å². The van der Waals surface area contributed by atoms with E-state index in [4.69, 9.17) is 4.74 Å². The van der Waals surface area contributed by atoms with Crippen LogP contribution in [0.3, 0.4) is 0 Å². The van der Waals surface area contributed by atoms with Crippen LogP contribution in [-0.2, 0) is 9.53 Å². The zero-order valence-corrected chi connectivity index (χ0v) is 13.8. The van der Waals surface area contributed by atoms with E-state index < -0.39 is 12.2 Å². The molecule has 2 unspecified atom stereocenters. The Morgan fingerprint density at radius 1 is 1.18 bits per heavy atom. The number of cyclic esters (lactones) is 1. The third-order valence-corrected chi connectivity index (χ3v) is 4.74. The van der Waals surface area contributed by atoms with Gasteiger partial charge in [0, 0.05) is 4.90 Å². The smallest absolute Gasteiger partial charge is 0.345 e. The highest BCUT2D eigenvalue weighted by molar-refractivity contribution is 8.04. The van der Waals surface area contributed by atoms with Crippen LogP contribution in [-0.4, -0.2) is 23.3 Å². The lowest BCUT2D eigenvalue weighted by Gasteiger charge is -2.15. The lowest BCUT2D eigenvalue weighted by Crippen LogP contribution is -2.25. The van der Waals surface area contributed by atoms with E-state index in [1.54, 1.807) is 6.08 Å². The molecule has 0 aliphatic carbocycles. The second kappa shape index (κ2) is 9.01. The highest BCUT2D eigenvalue weighted by Crippen LogP contribution is 2.32. The number of thioether (sulfide) groups is 1. The van der Waals surface area contributed by atoms with Crippen molar-refractivity contribution in [1.82, 2.24) is 0 Å². The standard InChI is InChI=1S/C18H24O3S/c1-2-3-4-5-9-12-15(19)16-13-17(18(20)21-16)22-14-10-7-6-8-11-14/h6-8,10-11,13,15-16,19H,2-5,9,12H2,1H3. The van der Waals surface area contributed by atoms with Gasteiger partial charge in [-0.25, -0.2) is 4.79 Å². The normalized spacial score (nSPS) is 18.9. The molecule has 4 heteroatoms. The quantitative estimate of drug-likeness (QED) is 0.544. The zero-order valence-electron chi connectivity index (χ0n) is 13.0. The maximum atomic E-state index is 11.9. The Bertz CT molecular complexity index is 498. The fraction of sp³-hybridized carbons (Fsp3) is 0.500. The molecule has 0 aromatic heterocycles. The van der Waals surface area contributed by atoms with E-state index >= 15 is 0 Å². The molecule has 2 rings (SSSR count). The van der Waals surface area contributed by atoms with Crippen LogP contribution < -0.4 is 0 Å². The maximum absolute atomic E-state index is 11.9. The third-order valence-electron chi connectivity index (χ3n) is 3.71. The number of ether oxygens (including phenoxy) is 1. The maximum Gasteiger partial charge on any atom is 0.345 e. The van der Waals surface area contributed by atoms with Gasteiger partial charge in [-0.3, -0.25) is 0 Å². The van der Waals surface area contributed by atoms with Crippen molar-refractivity contribution in [3.63, 3.8) is 0 Å². The van der Waals surface area contributed by atoms with Gasteiger partial charge in [-0.1, -0.05) is 69.0 Å². The van der Waals surface area contributed by atoms with Gasteiger partial charge in [0.2, 0.25) is 0 Å². The zero-order chi connectivity index (χ0) is 15.8. The van der Waals surface area contributed by atoms with Crippen LogP contribution in [0.4, 0.5) is 0 Å². The second-order valence-electron chi connectivity index (χ2n) is 5.59. The summed E-state index contributed by atoms with van der Waals surface area (Å²) in [5.41, 5.74) is 0. The van der Waals surface area contributed by atoms with Crippen LogP contribution in [0.1, 0.15) is 45.4 Å². The molecule has 1 N–H and O–H groups in total. The Morgan fingerprint density at radius 2 is 1.91 bits per heavy atom. The van der Waals surface area contributed by atoms with E-state index in [2.05, 4.69) is 6.92 Å². The van der Waals surface area contributed by atoms with Crippen LogP contribution in [0.2, 0.25) is 0 Å². The summed E-state index contributed by atoms with van der Waals surface area (Å²) in [6.45, 7) is 2.18. The first-order valence-corrected chi connectivity index (χ1v) is 8.86. The lowest BCUT2D eigenvalue weighted by molar-refractivity contribution is -0.143. The number of aliphatic hydroxyl groups is 1. The van der Waals surface area contributed by atoms with Crippen molar-refractivity contribution in [2.24, 2.45) is 0 Å². The van der Waals surface area contributed by atoms with E-state index in [0.29, 0.717) is 11.3 Å². The third kappa shape index (κ3) is 5.18. The number of unbranched alkanes of at least 4 members (excludes halogenated alkanes) is 4. The van der Waals surface area contributed by atoms with Gasteiger partial charge in [-0.15, -0.1) is 0 Å². The summed E-state index contributed by atoms with van der Waals surface area (Å²) in [5, 5.41) is 10.2. The number of rotatable bonds is 9. The monoisotopic (exact) mass is 320 g/mol. The van der Waals surface area contributed by atoms with Gasteiger partial charge < -0.3 is 9.84 Å². The summed E-state index contributed by atoms with van der Waals surface area (Å²) in [4.78, 5) is 13.5. The summed E-state index contributed by atoms with van der Waals surface area (Å²) in [7, 11) is 0. The van der Waals surface area contributed by atoms with Crippen molar-refractivity contribution in [3.8, 4) is 0 Å². The Labute approximate surface area is 136 Å². The molecule has 1 aliphatic rings. The van der Waals surface area contributed by atoms with Gasteiger partial charge in [0.15, 0.2) is 0 Å². The van der Waals surface area contributed by atoms with Crippen molar-refractivity contribution >= 4 is 17.7 Å². The van der Waals surface area contributed by atoms with E-state index in [0.717, 1.165) is 17.7 Å².